The molecule has 0 saturated carbocycles. The maximum atomic E-state index is 12.2. The molecule has 0 aliphatic rings. The molecule has 0 atom stereocenters. The van der Waals surface area contributed by atoms with Gasteiger partial charge in [-0.2, -0.15) is 4.99 Å². The van der Waals surface area contributed by atoms with E-state index < -0.39 is 6.09 Å². The third-order valence-electron chi connectivity index (χ3n) is 2.68. The van der Waals surface area contributed by atoms with Crippen molar-refractivity contribution in [2.24, 2.45) is 4.99 Å². The summed E-state index contributed by atoms with van der Waals surface area (Å²) in [6, 6.07) is 0. The van der Waals surface area contributed by atoms with Crippen molar-refractivity contribution >= 4 is 17.6 Å². The number of nitrogens with zero attached hydrogens (tertiary/aromatic N) is 2. The van der Waals surface area contributed by atoms with Gasteiger partial charge in [-0.1, -0.05) is 0 Å². The number of unbranched alkanes of at least 4 members (excludes halogenated alkanes) is 1. The third kappa shape index (κ3) is 5.07. The van der Waals surface area contributed by atoms with Gasteiger partial charge in [0.1, 0.15) is 4.67 Å². The molecular weight excluding hydrogens is 279 g/mol. The molecule has 6 heteroatoms. The molecule has 1 aromatic heterocycles. The van der Waals surface area contributed by atoms with E-state index in [0.29, 0.717) is 17.7 Å². The smallest absolute Gasteiger partial charge is 0.434 e. The molecule has 1 amide bonds. The van der Waals surface area contributed by atoms with Crippen molar-refractivity contribution in [3.8, 4) is 0 Å². The summed E-state index contributed by atoms with van der Waals surface area (Å²) < 4.78 is 19.8. The Kier molecular flexibility index (Phi) is 6.39. The molecule has 0 saturated heterocycles. The van der Waals surface area contributed by atoms with Gasteiger partial charge in [-0.05, 0) is 58.5 Å². The zero-order valence-electron chi connectivity index (χ0n) is 12.6. The minimum atomic E-state index is -0.567. The molecule has 20 heavy (non-hydrogen) atoms. The number of halogens is 1. The van der Waals surface area contributed by atoms with Crippen LogP contribution in [0.3, 0.4) is 0 Å². The number of ether oxygens (including phenoxy) is 1. The molecule has 0 aromatic carbocycles. The van der Waals surface area contributed by atoms with E-state index in [4.69, 9.17) is 4.74 Å². The van der Waals surface area contributed by atoms with Gasteiger partial charge in [0.2, 0.25) is 0 Å². The zero-order valence-corrected chi connectivity index (χ0v) is 13.4. The second kappa shape index (κ2) is 7.57. The lowest BCUT2D eigenvalue weighted by Crippen LogP contribution is -2.18. The van der Waals surface area contributed by atoms with Gasteiger partial charge < -0.3 is 4.74 Å². The number of amides is 1. The van der Waals surface area contributed by atoms with Gasteiger partial charge in [0, 0.05) is 17.3 Å². The molecule has 0 N–H and O–H groups in total. The third-order valence-corrected chi connectivity index (χ3v) is 4.06. The maximum absolute atomic E-state index is 12.2. The van der Waals surface area contributed by atoms with Gasteiger partial charge in [-0.3, -0.25) is 8.35 Å². The summed E-state index contributed by atoms with van der Waals surface area (Å²) in [5, 5.41) is 0. The fraction of sp³-hybridized carbons (Fsp3) is 0.714. The molecule has 0 unspecified atom stereocenters. The summed E-state index contributed by atoms with van der Waals surface area (Å²) in [6.45, 7) is 8.01. The Labute approximate surface area is 123 Å². The number of hydrogen-bond donors (Lipinski definition) is 0. The van der Waals surface area contributed by atoms with Gasteiger partial charge in [0.25, 0.3) is 0 Å². The molecule has 0 bridgehead atoms. The first-order valence-corrected chi connectivity index (χ1v) is 7.65. The lowest BCUT2D eigenvalue weighted by atomic mass is 10.1. The Morgan fingerprint density at radius 3 is 2.70 bits per heavy atom. The van der Waals surface area contributed by atoms with Crippen LogP contribution < -0.4 is 4.67 Å². The molecule has 4 nitrogen and oxygen atoms in total. The van der Waals surface area contributed by atoms with Gasteiger partial charge in [0.05, 0.1) is 13.3 Å². The van der Waals surface area contributed by atoms with E-state index in [1.165, 1.54) is 11.5 Å². The first-order valence-electron chi connectivity index (χ1n) is 6.88. The number of hydrogen-bond acceptors (Lipinski definition) is 3. The fourth-order valence-corrected chi connectivity index (χ4v) is 2.65. The zero-order chi connectivity index (χ0) is 15.2. The molecule has 1 aromatic rings. The average Bonchev–Trinajstić information content (AvgIpc) is 2.73. The molecular formula is C14H23FN2O2S. The SMILES string of the molecule is CCOC(=O)N=c1sn(C(C)(C)C)cc1CCCCF. The van der Waals surface area contributed by atoms with Crippen LogP contribution in [-0.2, 0) is 16.7 Å². The van der Waals surface area contributed by atoms with Crippen LogP contribution >= 0.6 is 11.5 Å². The van der Waals surface area contributed by atoms with Crippen molar-refractivity contribution in [1.29, 1.82) is 0 Å². The van der Waals surface area contributed by atoms with Crippen LogP contribution in [0.4, 0.5) is 9.18 Å². The van der Waals surface area contributed by atoms with Gasteiger partial charge in [-0.15, -0.1) is 0 Å². The fourth-order valence-electron chi connectivity index (χ4n) is 1.62. The van der Waals surface area contributed by atoms with E-state index in [0.717, 1.165) is 18.4 Å². The van der Waals surface area contributed by atoms with E-state index in [9.17, 15) is 9.18 Å². The monoisotopic (exact) mass is 302 g/mol. The van der Waals surface area contributed by atoms with Crippen LogP contribution in [0.1, 0.15) is 46.1 Å². The highest BCUT2D eigenvalue weighted by Crippen LogP contribution is 2.17. The lowest BCUT2D eigenvalue weighted by molar-refractivity contribution is 0.162. The molecule has 1 rings (SSSR count). The van der Waals surface area contributed by atoms with E-state index in [2.05, 4.69) is 29.7 Å². The second-order valence-corrected chi connectivity index (χ2v) is 6.47. The van der Waals surface area contributed by atoms with Crippen LogP contribution in [0, 0.1) is 0 Å². The minimum Gasteiger partial charge on any atom is -0.448 e. The molecule has 0 aliphatic carbocycles. The molecule has 0 radical (unpaired) electrons. The summed E-state index contributed by atoms with van der Waals surface area (Å²) in [4.78, 5) is 15.5. The Morgan fingerprint density at radius 1 is 1.45 bits per heavy atom. The van der Waals surface area contributed by atoms with Crippen molar-refractivity contribution in [2.75, 3.05) is 13.3 Å². The van der Waals surface area contributed by atoms with Crippen molar-refractivity contribution in [3.05, 3.63) is 16.4 Å². The highest BCUT2D eigenvalue weighted by molar-refractivity contribution is 7.04. The standard InChI is InChI=1S/C14H23FN2O2S/c1-5-19-13(18)16-12-11(8-6-7-9-15)10-17(20-12)14(2,3)4/h10H,5-9H2,1-4H3. The first kappa shape index (κ1) is 16.9. The Morgan fingerprint density at radius 2 is 2.15 bits per heavy atom. The number of aryl methyl sites for hydroxylation is 1. The van der Waals surface area contributed by atoms with E-state index in [1.807, 2.05) is 6.20 Å². The Hall–Kier alpha value is -1.17. The number of alkyl halides is 1. The lowest BCUT2D eigenvalue weighted by Gasteiger charge is -2.19. The van der Waals surface area contributed by atoms with Crippen LogP contribution in [0.2, 0.25) is 0 Å². The number of rotatable bonds is 5. The summed E-state index contributed by atoms with van der Waals surface area (Å²) in [5.74, 6) is 0. The number of aromatic nitrogens is 1. The highest BCUT2D eigenvalue weighted by Gasteiger charge is 2.16. The van der Waals surface area contributed by atoms with Crippen molar-refractivity contribution in [1.82, 2.24) is 3.96 Å². The van der Waals surface area contributed by atoms with Crippen molar-refractivity contribution in [2.45, 2.75) is 52.5 Å². The summed E-state index contributed by atoms with van der Waals surface area (Å²) >= 11 is 1.43. The predicted molar refractivity (Wildman–Crippen MR) is 78.8 cm³/mol. The van der Waals surface area contributed by atoms with E-state index in [1.54, 1.807) is 6.92 Å². The molecule has 0 spiro atoms. The summed E-state index contributed by atoms with van der Waals surface area (Å²) in [6.07, 6.45) is 3.44. The second-order valence-electron chi connectivity index (χ2n) is 5.50. The van der Waals surface area contributed by atoms with E-state index >= 15 is 0 Å². The summed E-state index contributed by atoms with van der Waals surface area (Å²) in [5.41, 5.74) is 0.911. The maximum Gasteiger partial charge on any atom is 0.434 e. The number of carbonyl (C=O) groups excluding carboxylic acids is 1. The van der Waals surface area contributed by atoms with Crippen LogP contribution in [0.5, 0.6) is 0 Å². The first-order chi connectivity index (χ1) is 9.38. The summed E-state index contributed by atoms with van der Waals surface area (Å²) in [7, 11) is 0. The average molecular weight is 302 g/mol. The van der Waals surface area contributed by atoms with Crippen molar-refractivity contribution in [3.63, 3.8) is 0 Å². The Balaban J connectivity index is 3.05. The minimum absolute atomic E-state index is 0.0675. The van der Waals surface area contributed by atoms with Crippen LogP contribution in [0.15, 0.2) is 11.2 Å². The van der Waals surface area contributed by atoms with Gasteiger partial charge in [0.15, 0.2) is 0 Å². The van der Waals surface area contributed by atoms with Gasteiger partial charge in [-0.25, -0.2) is 4.79 Å². The Bertz CT molecular complexity index is 500. The number of carbonyl (C=O) groups is 1. The van der Waals surface area contributed by atoms with Crippen LogP contribution in [0.25, 0.3) is 0 Å². The molecule has 0 aliphatic heterocycles. The van der Waals surface area contributed by atoms with Crippen molar-refractivity contribution < 1.29 is 13.9 Å². The predicted octanol–water partition coefficient (Wildman–Crippen LogP) is 3.65. The normalized spacial score (nSPS) is 12.8. The molecule has 1 heterocycles. The highest BCUT2D eigenvalue weighted by atomic mass is 32.1. The van der Waals surface area contributed by atoms with Gasteiger partial charge >= 0.3 is 6.09 Å². The van der Waals surface area contributed by atoms with E-state index in [-0.39, 0.29) is 12.2 Å². The quantitative estimate of drug-likeness (QED) is 0.779. The molecule has 114 valence electrons. The topological polar surface area (TPSA) is 43.6 Å². The van der Waals surface area contributed by atoms with Crippen LogP contribution in [-0.4, -0.2) is 23.3 Å². The molecule has 0 fully saturated rings. The largest absolute Gasteiger partial charge is 0.448 e.